The molecule has 3 aromatic rings. The summed E-state index contributed by atoms with van der Waals surface area (Å²) in [5.74, 6) is 1.11. The minimum absolute atomic E-state index is 0.357. The molecule has 0 aliphatic carbocycles. The first kappa shape index (κ1) is 18.8. The number of allylic oxidation sites excluding steroid dienone is 1. The lowest BCUT2D eigenvalue weighted by atomic mass is 10.1. The Morgan fingerprint density at radius 1 is 1.26 bits per heavy atom. The number of esters is 1. The van der Waals surface area contributed by atoms with Gasteiger partial charge in [-0.1, -0.05) is 19.1 Å². The van der Waals surface area contributed by atoms with Crippen LogP contribution in [0.1, 0.15) is 28.5 Å². The smallest absolute Gasteiger partial charge is 0.337 e. The number of carbonyl (C=O) groups is 1. The van der Waals surface area contributed by atoms with E-state index < -0.39 is 0 Å². The van der Waals surface area contributed by atoms with Crippen LogP contribution in [-0.2, 0) is 17.6 Å². The molecule has 0 amide bonds. The van der Waals surface area contributed by atoms with Gasteiger partial charge in [-0.15, -0.1) is 17.9 Å². The fraction of sp³-hybridized carbons (Fsp3) is 0.190. The van der Waals surface area contributed by atoms with Crippen molar-refractivity contribution in [3.63, 3.8) is 0 Å². The number of ether oxygens (including phenoxy) is 1. The van der Waals surface area contributed by atoms with Crippen LogP contribution in [-0.4, -0.2) is 23.0 Å². The second-order valence-corrected chi connectivity index (χ2v) is 6.79. The van der Waals surface area contributed by atoms with Crippen molar-refractivity contribution in [2.45, 2.75) is 19.8 Å². The third-order valence-corrected chi connectivity index (χ3v) is 4.95. The van der Waals surface area contributed by atoms with E-state index in [0.29, 0.717) is 17.8 Å². The number of hydrogen-bond acceptors (Lipinski definition) is 6. The number of carbonyl (C=O) groups excluding carboxylic acids is 1. The fourth-order valence-electron chi connectivity index (χ4n) is 2.75. The molecule has 2 heterocycles. The van der Waals surface area contributed by atoms with E-state index in [9.17, 15) is 4.79 Å². The number of thiophene rings is 1. The molecule has 0 saturated carbocycles. The average Bonchev–Trinajstić information content (AvgIpc) is 3.24. The summed E-state index contributed by atoms with van der Waals surface area (Å²) in [7, 11) is 1.37. The van der Waals surface area contributed by atoms with E-state index >= 15 is 0 Å². The van der Waals surface area contributed by atoms with Crippen LogP contribution in [0.25, 0.3) is 10.7 Å². The molecular formula is C21H21N3O2S. The molecule has 0 aliphatic heterocycles. The lowest BCUT2D eigenvalue weighted by Crippen LogP contribution is -2.07. The van der Waals surface area contributed by atoms with Gasteiger partial charge in [0.15, 0.2) is 5.82 Å². The maximum absolute atomic E-state index is 11.6. The van der Waals surface area contributed by atoms with Crippen molar-refractivity contribution in [3.8, 4) is 10.7 Å². The van der Waals surface area contributed by atoms with Crippen LogP contribution < -0.4 is 5.32 Å². The SMILES string of the molecule is C=CCc1c(CC)nc(-c2cccs2)nc1Nc1ccc(C(=O)OC)cc1. The standard InChI is InChI=1S/C21H21N3O2S/c1-4-7-16-17(5-2)23-20(18-8-6-13-27-18)24-19(16)22-15-11-9-14(10-12-15)21(25)26-3/h4,6,8-13H,1,5,7H2,2-3H3,(H,22,23,24). The number of nitrogens with zero attached hydrogens (tertiary/aromatic N) is 2. The molecular weight excluding hydrogens is 358 g/mol. The van der Waals surface area contributed by atoms with Gasteiger partial charge in [-0.3, -0.25) is 0 Å². The van der Waals surface area contributed by atoms with E-state index in [-0.39, 0.29) is 5.97 Å². The van der Waals surface area contributed by atoms with E-state index in [0.717, 1.165) is 34.1 Å². The summed E-state index contributed by atoms with van der Waals surface area (Å²) < 4.78 is 4.74. The van der Waals surface area contributed by atoms with Gasteiger partial charge in [-0.2, -0.15) is 0 Å². The van der Waals surface area contributed by atoms with Crippen molar-refractivity contribution < 1.29 is 9.53 Å². The lowest BCUT2D eigenvalue weighted by molar-refractivity contribution is 0.0601. The van der Waals surface area contributed by atoms with Gasteiger partial charge >= 0.3 is 5.97 Å². The Balaban J connectivity index is 2.00. The molecule has 3 rings (SSSR count). The zero-order valence-electron chi connectivity index (χ0n) is 15.4. The molecule has 1 aromatic carbocycles. The van der Waals surface area contributed by atoms with Crippen LogP contribution in [0.4, 0.5) is 11.5 Å². The molecule has 27 heavy (non-hydrogen) atoms. The molecule has 0 bridgehead atoms. The molecule has 5 nitrogen and oxygen atoms in total. The molecule has 138 valence electrons. The lowest BCUT2D eigenvalue weighted by Gasteiger charge is -2.15. The topological polar surface area (TPSA) is 64.1 Å². The van der Waals surface area contributed by atoms with Crippen LogP contribution in [0.5, 0.6) is 0 Å². The van der Waals surface area contributed by atoms with Crippen LogP contribution in [0.3, 0.4) is 0 Å². The molecule has 0 atom stereocenters. The van der Waals surface area contributed by atoms with Gasteiger partial charge in [-0.05, 0) is 48.6 Å². The molecule has 0 spiro atoms. The molecule has 6 heteroatoms. The van der Waals surface area contributed by atoms with Gasteiger partial charge in [0.25, 0.3) is 0 Å². The Labute approximate surface area is 162 Å². The highest BCUT2D eigenvalue weighted by Gasteiger charge is 2.15. The Morgan fingerprint density at radius 3 is 2.63 bits per heavy atom. The zero-order valence-corrected chi connectivity index (χ0v) is 16.2. The minimum Gasteiger partial charge on any atom is -0.465 e. The Kier molecular flexibility index (Phi) is 5.98. The number of nitrogens with one attached hydrogen (secondary N) is 1. The molecule has 0 fully saturated rings. The monoisotopic (exact) mass is 379 g/mol. The summed E-state index contributed by atoms with van der Waals surface area (Å²) >= 11 is 1.61. The number of rotatable bonds is 7. The van der Waals surface area contributed by atoms with Gasteiger partial charge in [0.1, 0.15) is 5.82 Å². The Hall–Kier alpha value is -2.99. The summed E-state index contributed by atoms with van der Waals surface area (Å²) in [6.07, 6.45) is 3.34. The number of anilines is 2. The highest BCUT2D eigenvalue weighted by atomic mass is 32.1. The van der Waals surface area contributed by atoms with Crippen molar-refractivity contribution in [1.29, 1.82) is 0 Å². The predicted octanol–water partition coefficient (Wildman–Crippen LogP) is 5.03. The van der Waals surface area contributed by atoms with Crippen LogP contribution >= 0.6 is 11.3 Å². The first-order valence-corrected chi connectivity index (χ1v) is 9.54. The van der Waals surface area contributed by atoms with Gasteiger partial charge in [0.2, 0.25) is 0 Å². The highest BCUT2D eigenvalue weighted by Crippen LogP contribution is 2.28. The van der Waals surface area contributed by atoms with E-state index in [1.54, 1.807) is 23.5 Å². The molecule has 2 aromatic heterocycles. The van der Waals surface area contributed by atoms with Crippen molar-refractivity contribution in [1.82, 2.24) is 9.97 Å². The molecule has 1 N–H and O–H groups in total. The Bertz CT molecular complexity index is 935. The normalized spacial score (nSPS) is 10.4. The van der Waals surface area contributed by atoms with E-state index in [2.05, 4.69) is 18.8 Å². The number of aryl methyl sites for hydroxylation is 1. The molecule has 0 unspecified atom stereocenters. The van der Waals surface area contributed by atoms with Gasteiger partial charge in [0, 0.05) is 16.9 Å². The first-order valence-electron chi connectivity index (χ1n) is 8.66. The van der Waals surface area contributed by atoms with Crippen LogP contribution in [0.15, 0.2) is 54.4 Å². The van der Waals surface area contributed by atoms with Crippen molar-refractivity contribution >= 4 is 28.8 Å². The second kappa shape index (κ2) is 8.60. The van der Waals surface area contributed by atoms with Crippen molar-refractivity contribution in [2.24, 2.45) is 0 Å². The maximum atomic E-state index is 11.6. The van der Waals surface area contributed by atoms with Gasteiger partial charge in [0.05, 0.1) is 17.6 Å². The summed E-state index contributed by atoms with van der Waals surface area (Å²) in [5.41, 5.74) is 3.38. The third-order valence-electron chi connectivity index (χ3n) is 4.09. The number of hydrogen-bond donors (Lipinski definition) is 1. The summed E-state index contributed by atoms with van der Waals surface area (Å²) in [5, 5.41) is 5.39. The molecule has 0 aliphatic rings. The van der Waals surface area contributed by atoms with E-state index in [1.807, 2.05) is 35.7 Å². The van der Waals surface area contributed by atoms with Gasteiger partial charge < -0.3 is 10.1 Å². The third kappa shape index (κ3) is 4.23. The second-order valence-electron chi connectivity index (χ2n) is 5.84. The Morgan fingerprint density at radius 2 is 2.04 bits per heavy atom. The highest BCUT2D eigenvalue weighted by molar-refractivity contribution is 7.13. The number of aromatic nitrogens is 2. The number of benzene rings is 1. The van der Waals surface area contributed by atoms with Crippen molar-refractivity contribution in [2.75, 3.05) is 12.4 Å². The summed E-state index contributed by atoms with van der Waals surface area (Å²) in [6.45, 7) is 5.94. The van der Waals surface area contributed by atoms with Crippen LogP contribution in [0, 0.1) is 0 Å². The van der Waals surface area contributed by atoms with E-state index in [1.165, 1.54) is 7.11 Å². The fourth-order valence-corrected chi connectivity index (χ4v) is 3.40. The van der Waals surface area contributed by atoms with Crippen molar-refractivity contribution in [3.05, 3.63) is 71.3 Å². The quantitative estimate of drug-likeness (QED) is 0.461. The van der Waals surface area contributed by atoms with E-state index in [4.69, 9.17) is 14.7 Å². The first-order chi connectivity index (χ1) is 13.2. The minimum atomic E-state index is -0.357. The average molecular weight is 379 g/mol. The van der Waals surface area contributed by atoms with Gasteiger partial charge in [-0.25, -0.2) is 14.8 Å². The summed E-state index contributed by atoms with van der Waals surface area (Å²) in [6, 6.07) is 11.1. The predicted molar refractivity (Wildman–Crippen MR) is 110 cm³/mol. The molecule has 0 radical (unpaired) electrons. The van der Waals surface area contributed by atoms with Crippen LogP contribution in [0.2, 0.25) is 0 Å². The summed E-state index contributed by atoms with van der Waals surface area (Å²) in [4.78, 5) is 22.1. The molecule has 0 saturated heterocycles. The number of methoxy groups -OCH3 is 1. The largest absolute Gasteiger partial charge is 0.465 e. The zero-order chi connectivity index (χ0) is 19.2. The maximum Gasteiger partial charge on any atom is 0.337 e.